The van der Waals surface area contributed by atoms with E-state index in [9.17, 15) is 4.79 Å². The van der Waals surface area contributed by atoms with Crippen LogP contribution in [0, 0.1) is 5.92 Å². The molecule has 0 radical (unpaired) electrons. The van der Waals surface area contributed by atoms with Crippen molar-refractivity contribution in [2.75, 3.05) is 18.0 Å². The fourth-order valence-corrected chi connectivity index (χ4v) is 4.91. The molecule has 0 bridgehead atoms. The van der Waals surface area contributed by atoms with Crippen molar-refractivity contribution >= 4 is 23.1 Å². The zero-order chi connectivity index (χ0) is 22.5. The number of thiazole rings is 1. The minimum Gasteiger partial charge on any atom is -0.356 e. The Balaban J connectivity index is 1.14. The monoisotopic (exact) mass is 455 g/mol. The Kier molecular flexibility index (Phi) is 6.39. The van der Waals surface area contributed by atoms with Gasteiger partial charge in [0, 0.05) is 41.6 Å². The van der Waals surface area contributed by atoms with Crippen molar-refractivity contribution in [3.05, 3.63) is 84.1 Å². The molecular weight excluding hydrogens is 430 g/mol. The van der Waals surface area contributed by atoms with Crippen LogP contribution in [-0.2, 0) is 11.3 Å². The van der Waals surface area contributed by atoms with Gasteiger partial charge in [0.2, 0.25) is 5.91 Å². The molecule has 4 aromatic rings. The average molecular weight is 456 g/mol. The fraction of sp³-hybridized carbons (Fsp3) is 0.231. The molecule has 1 aliphatic rings. The third-order valence-corrected chi connectivity index (χ3v) is 6.87. The standard InChI is InChI=1S/C26H25N5OS/c32-25(27-16-22-17-33-26(30-22)21-9-5-2-6-10-21)20-11-13-31(14-12-20)24-15-23(28-18-29-24)19-7-3-1-4-8-19/h1-10,15,17-18,20H,11-14,16H2,(H,27,32). The molecule has 1 fully saturated rings. The molecule has 0 saturated carbocycles. The topological polar surface area (TPSA) is 71.0 Å². The van der Waals surface area contributed by atoms with Crippen LogP contribution in [0.2, 0.25) is 0 Å². The lowest BCUT2D eigenvalue weighted by atomic mass is 9.96. The Morgan fingerprint density at radius 3 is 2.39 bits per heavy atom. The summed E-state index contributed by atoms with van der Waals surface area (Å²) in [5.41, 5.74) is 4.00. The first-order chi connectivity index (χ1) is 16.3. The highest BCUT2D eigenvalue weighted by molar-refractivity contribution is 7.13. The van der Waals surface area contributed by atoms with E-state index >= 15 is 0 Å². The number of amides is 1. The van der Waals surface area contributed by atoms with Gasteiger partial charge in [0.15, 0.2) is 0 Å². The van der Waals surface area contributed by atoms with E-state index in [2.05, 4.69) is 37.3 Å². The zero-order valence-electron chi connectivity index (χ0n) is 18.2. The first kappa shape index (κ1) is 21.3. The third kappa shape index (κ3) is 5.09. The van der Waals surface area contributed by atoms with Crippen molar-refractivity contribution in [1.29, 1.82) is 0 Å². The summed E-state index contributed by atoms with van der Waals surface area (Å²) in [5, 5.41) is 6.08. The van der Waals surface area contributed by atoms with Gasteiger partial charge in [-0.15, -0.1) is 11.3 Å². The highest BCUT2D eigenvalue weighted by atomic mass is 32.1. The quantitative estimate of drug-likeness (QED) is 0.452. The number of carbonyl (C=O) groups excluding carboxylic acids is 1. The Labute approximate surface area is 197 Å². The number of anilines is 1. The number of rotatable bonds is 6. The number of nitrogens with one attached hydrogen (secondary N) is 1. The molecule has 3 heterocycles. The molecule has 1 saturated heterocycles. The number of hydrogen-bond acceptors (Lipinski definition) is 6. The van der Waals surface area contributed by atoms with Crippen LogP contribution < -0.4 is 10.2 Å². The molecule has 1 aliphatic heterocycles. The van der Waals surface area contributed by atoms with E-state index in [1.54, 1.807) is 17.7 Å². The van der Waals surface area contributed by atoms with Crippen LogP contribution in [0.1, 0.15) is 18.5 Å². The summed E-state index contributed by atoms with van der Waals surface area (Å²) in [7, 11) is 0. The molecule has 7 heteroatoms. The van der Waals surface area contributed by atoms with Crippen molar-refractivity contribution in [2.45, 2.75) is 19.4 Å². The van der Waals surface area contributed by atoms with Crippen LogP contribution in [-0.4, -0.2) is 33.9 Å². The maximum absolute atomic E-state index is 12.8. The van der Waals surface area contributed by atoms with Gasteiger partial charge >= 0.3 is 0 Å². The largest absolute Gasteiger partial charge is 0.356 e. The second-order valence-corrected chi connectivity index (χ2v) is 8.97. The maximum atomic E-state index is 12.8. The van der Waals surface area contributed by atoms with Gasteiger partial charge in [-0.3, -0.25) is 4.79 Å². The Hall–Kier alpha value is -3.58. The van der Waals surface area contributed by atoms with E-state index in [4.69, 9.17) is 0 Å². The average Bonchev–Trinajstić information content (AvgIpc) is 3.38. The van der Waals surface area contributed by atoms with Crippen LogP contribution in [0.25, 0.3) is 21.8 Å². The number of benzene rings is 2. The van der Waals surface area contributed by atoms with Crippen LogP contribution >= 0.6 is 11.3 Å². The second kappa shape index (κ2) is 9.92. The highest BCUT2D eigenvalue weighted by Gasteiger charge is 2.26. The number of carbonyl (C=O) groups is 1. The lowest BCUT2D eigenvalue weighted by molar-refractivity contribution is -0.125. The second-order valence-electron chi connectivity index (χ2n) is 8.12. The molecule has 0 aliphatic carbocycles. The molecule has 0 unspecified atom stereocenters. The van der Waals surface area contributed by atoms with E-state index in [1.165, 1.54) is 0 Å². The fourth-order valence-electron chi connectivity index (χ4n) is 4.08. The molecule has 1 amide bonds. The number of aromatic nitrogens is 3. The predicted molar refractivity (Wildman–Crippen MR) is 132 cm³/mol. The molecule has 33 heavy (non-hydrogen) atoms. The Morgan fingerprint density at radius 1 is 0.970 bits per heavy atom. The Morgan fingerprint density at radius 2 is 1.67 bits per heavy atom. The predicted octanol–water partition coefficient (Wildman–Crippen LogP) is 4.80. The molecule has 1 N–H and O–H groups in total. The van der Waals surface area contributed by atoms with Crippen LogP contribution in [0.5, 0.6) is 0 Å². The van der Waals surface area contributed by atoms with Crippen molar-refractivity contribution < 1.29 is 4.79 Å². The lowest BCUT2D eigenvalue weighted by Gasteiger charge is -2.32. The summed E-state index contributed by atoms with van der Waals surface area (Å²) in [6, 6.07) is 22.3. The minimum atomic E-state index is 0.0175. The highest BCUT2D eigenvalue weighted by Crippen LogP contribution is 2.26. The minimum absolute atomic E-state index is 0.0175. The number of hydrogen-bond donors (Lipinski definition) is 1. The van der Waals surface area contributed by atoms with Crippen molar-refractivity contribution in [2.24, 2.45) is 5.92 Å². The summed E-state index contributed by atoms with van der Waals surface area (Å²) >= 11 is 1.61. The summed E-state index contributed by atoms with van der Waals surface area (Å²) in [4.78, 5) is 28.5. The van der Waals surface area contributed by atoms with E-state index in [0.717, 1.165) is 59.3 Å². The molecule has 5 rings (SSSR count). The molecule has 2 aromatic heterocycles. The van der Waals surface area contributed by atoms with Gasteiger partial charge in [-0.05, 0) is 12.8 Å². The van der Waals surface area contributed by atoms with Crippen molar-refractivity contribution in [3.63, 3.8) is 0 Å². The van der Waals surface area contributed by atoms with Crippen molar-refractivity contribution in [1.82, 2.24) is 20.3 Å². The van der Waals surface area contributed by atoms with Gasteiger partial charge in [-0.1, -0.05) is 60.7 Å². The van der Waals surface area contributed by atoms with Gasteiger partial charge in [-0.25, -0.2) is 15.0 Å². The van der Waals surface area contributed by atoms with Crippen LogP contribution in [0.3, 0.4) is 0 Å². The molecular formula is C26H25N5OS. The molecule has 0 spiro atoms. The summed E-state index contributed by atoms with van der Waals surface area (Å²) in [6.07, 6.45) is 3.24. The number of piperidine rings is 1. The number of nitrogens with zero attached hydrogens (tertiary/aromatic N) is 4. The van der Waals surface area contributed by atoms with Crippen LogP contribution in [0.15, 0.2) is 78.4 Å². The van der Waals surface area contributed by atoms with E-state index in [-0.39, 0.29) is 11.8 Å². The maximum Gasteiger partial charge on any atom is 0.223 e. The zero-order valence-corrected chi connectivity index (χ0v) is 19.0. The van der Waals surface area contributed by atoms with Gasteiger partial charge in [-0.2, -0.15) is 0 Å². The lowest BCUT2D eigenvalue weighted by Crippen LogP contribution is -2.40. The first-order valence-electron chi connectivity index (χ1n) is 11.2. The van der Waals surface area contributed by atoms with E-state index in [0.29, 0.717) is 6.54 Å². The summed E-state index contributed by atoms with van der Waals surface area (Å²) in [6.45, 7) is 2.07. The molecule has 166 valence electrons. The molecule has 0 atom stereocenters. The van der Waals surface area contributed by atoms with Gasteiger partial charge in [0.25, 0.3) is 0 Å². The smallest absolute Gasteiger partial charge is 0.223 e. The third-order valence-electron chi connectivity index (χ3n) is 5.93. The van der Waals surface area contributed by atoms with Gasteiger partial charge in [0.1, 0.15) is 17.2 Å². The van der Waals surface area contributed by atoms with Crippen molar-refractivity contribution in [3.8, 4) is 21.8 Å². The summed E-state index contributed by atoms with van der Waals surface area (Å²) < 4.78 is 0. The molecule has 2 aromatic carbocycles. The molecule has 6 nitrogen and oxygen atoms in total. The van der Waals surface area contributed by atoms with Crippen LogP contribution in [0.4, 0.5) is 5.82 Å². The van der Waals surface area contributed by atoms with Gasteiger partial charge in [0.05, 0.1) is 17.9 Å². The van der Waals surface area contributed by atoms with Gasteiger partial charge < -0.3 is 10.2 Å². The SMILES string of the molecule is O=C(NCc1csc(-c2ccccc2)n1)C1CCN(c2cc(-c3ccccc3)ncn2)CC1. The van der Waals surface area contributed by atoms with E-state index < -0.39 is 0 Å². The van der Waals surface area contributed by atoms with E-state index in [1.807, 2.05) is 60.0 Å². The normalized spacial score (nSPS) is 14.2. The Bertz CT molecular complexity index is 1200. The first-order valence-corrected chi connectivity index (χ1v) is 12.0. The summed E-state index contributed by atoms with van der Waals surface area (Å²) in [5.74, 6) is 1.04.